The van der Waals surface area contributed by atoms with Crippen LogP contribution in [0.1, 0.15) is 5.56 Å². The minimum absolute atomic E-state index is 0.0370. The van der Waals surface area contributed by atoms with Crippen LogP contribution in [-0.2, 0) is 4.79 Å². The SMILES string of the molecule is Cc1ccccc1NC(=O)C[NH+]=C(N)N. The molecule has 15 heavy (non-hydrogen) atoms. The Balaban J connectivity index is 2.59. The largest absolute Gasteiger partial charge is 0.339 e. The number of para-hydroxylation sites is 1. The predicted molar refractivity (Wildman–Crippen MR) is 59.0 cm³/mol. The summed E-state index contributed by atoms with van der Waals surface area (Å²) in [5, 5.41) is 2.74. The molecule has 0 unspecified atom stereocenters. The lowest BCUT2D eigenvalue weighted by atomic mass is 10.2. The molecule has 1 amide bonds. The van der Waals surface area contributed by atoms with E-state index >= 15 is 0 Å². The summed E-state index contributed by atoms with van der Waals surface area (Å²) in [5.41, 5.74) is 12.1. The molecular formula is C10H15N4O+. The third-order valence-electron chi connectivity index (χ3n) is 1.87. The fraction of sp³-hybridized carbons (Fsp3) is 0.200. The van der Waals surface area contributed by atoms with Crippen LogP contribution in [0.15, 0.2) is 24.3 Å². The quantitative estimate of drug-likeness (QED) is 0.351. The van der Waals surface area contributed by atoms with Crippen molar-refractivity contribution in [1.82, 2.24) is 0 Å². The molecular weight excluding hydrogens is 192 g/mol. The van der Waals surface area contributed by atoms with E-state index < -0.39 is 0 Å². The van der Waals surface area contributed by atoms with E-state index in [1.807, 2.05) is 31.2 Å². The van der Waals surface area contributed by atoms with Crippen LogP contribution in [0.4, 0.5) is 5.69 Å². The molecule has 6 N–H and O–H groups in total. The zero-order valence-corrected chi connectivity index (χ0v) is 8.58. The predicted octanol–water partition coefficient (Wildman–Crippen LogP) is -1.71. The number of hydrogen-bond donors (Lipinski definition) is 4. The average Bonchev–Trinajstić information content (AvgIpc) is 2.18. The number of nitrogens with two attached hydrogens (primary N) is 2. The molecule has 0 bridgehead atoms. The maximum Gasteiger partial charge on any atom is 0.339 e. The van der Waals surface area contributed by atoms with Gasteiger partial charge in [-0.05, 0) is 18.6 Å². The summed E-state index contributed by atoms with van der Waals surface area (Å²) in [5.74, 6) is -0.146. The van der Waals surface area contributed by atoms with E-state index in [4.69, 9.17) is 11.5 Å². The number of amides is 1. The Bertz CT molecular complexity index is 383. The summed E-state index contributed by atoms with van der Waals surface area (Å²) in [6, 6.07) is 7.53. The molecule has 5 heteroatoms. The van der Waals surface area contributed by atoms with Crippen LogP contribution in [0, 0.1) is 6.92 Å². The van der Waals surface area contributed by atoms with Gasteiger partial charge in [-0.1, -0.05) is 18.2 Å². The molecule has 80 valence electrons. The fourth-order valence-corrected chi connectivity index (χ4v) is 1.09. The number of guanidine groups is 1. The first-order valence-electron chi connectivity index (χ1n) is 4.57. The first kappa shape index (κ1) is 11.0. The fourth-order valence-electron chi connectivity index (χ4n) is 1.09. The van der Waals surface area contributed by atoms with Crippen molar-refractivity contribution in [2.24, 2.45) is 11.5 Å². The Morgan fingerprint density at radius 1 is 1.40 bits per heavy atom. The van der Waals surface area contributed by atoms with Gasteiger partial charge in [0.1, 0.15) is 6.54 Å². The lowest BCUT2D eigenvalue weighted by Crippen LogP contribution is -2.80. The number of rotatable bonds is 3. The van der Waals surface area contributed by atoms with Gasteiger partial charge < -0.3 is 5.32 Å². The van der Waals surface area contributed by atoms with Gasteiger partial charge in [0.2, 0.25) is 0 Å². The first-order valence-corrected chi connectivity index (χ1v) is 4.57. The van der Waals surface area contributed by atoms with Crippen LogP contribution in [0.2, 0.25) is 0 Å². The summed E-state index contributed by atoms with van der Waals surface area (Å²) in [4.78, 5) is 13.9. The second kappa shape index (κ2) is 4.99. The highest BCUT2D eigenvalue weighted by atomic mass is 16.1. The van der Waals surface area contributed by atoms with Crippen LogP contribution in [0.5, 0.6) is 0 Å². The number of carbonyl (C=O) groups excluding carboxylic acids is 1. The first-order chi connectivity index (χ1) is 7.09. The van der Waals surface area contributed by atoms with Crippen molar-refractivity contribution >= 4 is 17.6 Å². The van der Waals surface area contributed by atoms with Gasteiger partial charge in [0.15, 0.2) is 0 Å². The van der Waals surface area contributed by atoms with Gasteiger partial charge in [-0.3, -0.25) is 21.3 Å². The molecule has 1 aromatic rings. The maximum absolute atomic E-state index is 11.4. The number of hydrogen-bond acceptors (Lipinski definition) is 1. The molecule has 0 aliphatic heterocycles. The van der Waals surface area contributed by atoms with Gasteiger partial charge >= 0.3 is 5.96 Å². The number of nitrogens with one attached hydrogen (secondary N) is 2. The van der Waals surface area contributed by atoms with Crippen LogP contribution >= 0.6 is 0 Å². The minimum Gasteiger partial charge on any atom is -0.323 e. The summed E-state index contributed by atoms with van der Waals surface area (Å²) < 4.78 is 0. The number of carbonyl (C=O) groups is 1. The average molecular weight is 207 g/mol. The van der Waals surface area contributed by atoms with E-state index in [-0.39, 0.29) is 18.4 Å². The minimum atomic E-state index is -0.183. The number of aryl methyl sites for hydroxylation is 1. The van der Waals surface area contributed by atoms with Crippen LogP contribution in [-0.4, -0.2) is 18.4 Å². The van der Waals surface area contributed by atoms with E-state index in [9.17, 15) is 4.79 Å². The van der Waals surface area contributed by atoms with E-state index in [1.54, 1.807) is 0 Å². The third kappa shape index (κ3) is 3.68. The molecule has 0 aliphatic rings. The molecule has 1 aromatic carbocycles. The van der Waals surface area contributed by atoms with Crippen molar-refractivity contribution in [2.45, 2.75) is 6.92 Å². The summed E-state index contributed by atoms with van der Waals surface area (Å²) in [6.45, 7) is 1.99. The standard InChI is InChI=1S/C10H14N4O/c1-7-4-2-3-5-8(7)14-9(15)6-13-10(11)12/h2-5H,6H2,1H3,(H,14,15)(H4,11,12,13)/p+1. The normalized spacial score (nSPS) is 9.40. The molecule has 0 saturated heterocycles. The highest BCUT2D eigenvalue weighted by Gasteiger charge is 2.03. The molecule has 0 spiro atoms. The Morgan fingerprint density at radius 3 is 2.67 bits per heavy atom. The van der Waals surface area contributed by atoms with Crippen molar-refractivity contribution in [1.29, 1.82) is 0 Å². The van der Waals surface area contributed by atoms with Crippen LogP contribution in [0.25, 0.3) is 0 Å². The van der Waals surface area contributed by atoms with Crippen molar-refractivity contribution in [3.63, 3.8) is 0 Å². The third-order valence-corrected chi connectivity index (χ3v) is 1.87. The molecule has 0 fully saturated rings. The molecule has 1 rings (SSSR count). The summed E-state index contributed by atoms with van der Waals surface area (Å²) in [6.07, 6.45) is 0. The van der Waals surface area contributed by atoms with Gasteiger partial charge in [-0.25, -0.2) is 0 Å². The van der Waals surface area contributed by atoms with E-state index in [2.05, 4.69) is 10.3 Å². The molecule has 0 aliphatic carbocycles. The Hall–Kier alpha value is -2.04. The van der Waals surface area contributed by atoms with Gasteiger partial charge in [0.05, 0.1) is 0 Å². The van der Waals surface area contributed by atoms with Crippen molar-refractivity contribution in [2.75, 3.05) is 11.9 Å². The van der Waals surface area contributed by atoms with Crippen LogP contribution in [0.3, 0.4) is 0 Å². The second-order valence-electron chi connectivity index (χ2n) is 3.17. The van der Waals surface area contributed by atoms with Crippen molar-refractivity contribution in [3.05, 3.63) is 29.8 Å². The Labute approximate surface area is 88.2 Å². The number of anilines is 1. The molecule has 0 saturated carbocycles. The van der Waals surface area contributed by atoms with E-state index in [0.717, 1.165) is 11.3 Å². The van der Waals surface area contributed by atoms with Crippen LogP contribution < -0.4 is 21.8 Å². The molecule has 0 heterocycles. The van der Waals surface area contributed by atoms with Crippen molar-refractivity contribution in [3.8, 4) is 0 Å². The Morgan fingerprint density at radius 2 is 2.07 bits per heavy atom. The monoisotopic (exact) mass is 207 g/mol. The summed E-state index contributed by atoms with van der Waals surface area (Å²) in [7, 11) is 0. The van der Waals surface area contributed by atoms with Gasteiger partial charge in [-0.15, -0.1) is 0 Å². The molecule has 0 radical (unpaired) electrons. The van der Waals surface area contributed by atoms with Gasteiger partial charge in [0.25, 0.3) is 5.91 Å². The highest BCUT2D eigenvalue weighted by molar-refractivity contribution is 5.92. The van der Waals surface area contributed by atoms with E-state index in [1.165, 1.54) is 0 Å². The lowest BCUT2D eigenvalue weighted by molar-refractivity contribution is -0.445. The number of benzene rings is 1. The smallest absolute Gasteiger partial charge is 0.323 e. The molecule has 5 nitrogen and oxygen atoms in total. The zero-order valence-electron chi connectivity index (χ0n) is 8.58. The summed E-state index contributed by atoms with van der Waals surface area (Å²) >= 11 is 0. The second-order valence-corrected chi connectivity index (χ2v) is 3.17. The van der Waals surface area contributed by atoms with Crippen molar-refractivity contribution < 1.29 is 9.79 Å². The maximum atomic E-state index is 11.4. The highest BCUT2D eigenvalue weighted by Crippen LogP contribution is 2.12. The molecule has 0 aromatic heterocycles. The zero-order chi connectivity index (χ0) is 11.3. The Kier molecular flexibility index (Phi) is 3.68. The topological polar surface area (TPSA) is 95.1 Å². The molecule has 0 atom stereocenters. The van der Waals surface area contributed by atoms with Gasteiger partial charge in [0, 0.05) is 5.69 Å². The lowest BCUT2D eigenvalue weighted by Gasteiger charge is -2.05. The van der Waals surface area contributed by atoms with E-state index in [0.29, 0.717) is 0 Å². The van der Waals surface area contributed by atoms with Gasteiger partial charge in [-0.2, -0.15) is 0 Å².